The van der Waals surface area contributed by atoms with Crippen molar-refractivity contribution in [2.24, 2.45) is 0 Å². The molecule has 0 saturated heterocycles. The van der Waals surface area contributed by atoms with Crippen molar-refractivity contribution in [3.63, 3.8) is 0 Å². The van der Waals surface area contributed by atoms with Crippen molar-refractivity contribution in [3.05, 3.63) is 26.9 Å². The number of nitrogens with zero attached hydrogens (tertiary/aromatic N) is 1. The van der Waals surface area contributed by atoms with E-state index in [2.05, 4.69) is 0 Å². The van der Waals surface area contributed by atoms with Crippen LogP contribution in [0.4, 0.5) is 0 Å². The van der Waals surface area contributed by atoms with E-state index in [1.165, 1.54) is 7.11 Å². The van der Waals surface area contributed by atoms with Gasteiger partial charge in [0.05, 0.1) is 0 Å². The van der Waals surface area contributed by atoms with E-state index in [0.717, 1.165) is 10.6 Å². The smallest absolute Gasteiger partial charge is 0.327 e. The Bertz CT molecular complexity index is 407. The Kier molecular flexibility index (Phi) is 3.47. The van der Waals surface area contributed by atoms with Crippen molar-refractivity contribution in [2.75, 3.05) is 13.7 Å². The number of hydrogen-bond acceptors (Lipinski definition) is 4. The summed E-state index contributed by atoms with van der Waals surface area (Å²) < 4.78 is 5.75. The molecule has 0 radical (unpaired) electrons. The second-order valence-corrected chi connectivity index (χ2v) is 2.77. The molecule has 14 heavy (non-hydrogen) atoms. The number of rotatable bonds is 4. The van der Waals surface area contributed by atoms with Crippen molar-refractivity contribution in [2.45, 2.75) is 13.0 Å². The fourth-order valence-corrected chi connectivity index (χ4v) is 1.08. The molecule has 0 atom stereocenters. The maximum atomic E-state index is 11.2. The molecule has 0 bridgehead atoms. The first-order valence-electron chi connectivity index (χ1n) is 4.15. The topological polar surface area (TPSA) is 87.2 Å². The molecule has 0 aliphatic carbocycles. The molecule has 0 aliphatic rings. The maximum absolute atomic E-state index is 11.2. The van der Waals surface area contributed by atoms with E-state index in [9.17, 15) is 14.7 Å². The van der Waals surface area contributed by atoms with Crippen LogP contribution in [0.3, 0.4) is 0 Å². The largest absolute Gasteiger partial charge is 0.860 e. The highest BCUT2D eigenvalue weighted by Crippen LogP contribution is 1.96. The van der Waals surface area contributed by atoms with E-state index in [1.54, 1.807) is 0 Å². The highest BCUT2D eigenvalue weighted by Gasteiger charge is 1.97. The highest BCUT2D eigenvalue weighted by atomic mass is 16.5. The van der Waals surface area contributed by atoms with Crippen LogP contribution in [-0.2, 0) is 11.3 Å². The molecule has 0 unspecified atom stereocenters. The van der Waals surface area contributed by atoms with Crippen molar-refractivity contribution >= 4 is 0 Å². The number of hydrogen-bond donors (Lipinski definition) is 1. The van der Waals surface area contributed by atoms with Gasteiger partial charge in [0.15, 0.2) is 0 Å². The molecule has 6 nitrogen and oxygen atoms in total. The zero-order valence-corrected chi connectivity index (χ0v) is 7.78. The average Bonchev–Trinajstić information content (AvgIpc) is 2.09. The van der Waals surface area contributed by atoms with Gasteiger partial charge in [-0.2, -0.15) is 0 Å². The van der Waals surface area contributed by atoms with Crippen molar-refractivity contribution in [1.29, 1.82) is 0 Å². The van der Waals surface area contributed by atoms with E-state index >= 15 is 0 Å². The third kappa shape index (κ3) is 2.46. The van der Waals surface area contributed by atoms with Gasteiger partial charge in [0, 0.05) is 26.3 Å². The molecule has 1 heterocycles. The molecule has 0 saturated carbocycles. The molecule has 1 N–H and O–H groups in total. The fraction of sp³-hybridized carbons (Fsp3) is 0.500. The van der Waals surface area contributed by atoms with Crippen LogP contribution in [0.25, 0.3) is 0 Å². The van der Waals surface area contributed by atoms with Gasteiger partial charge in [-0.3, -0.25) is 9.78 Å². The molecule has 0 aliphatic heterocycles. The summed E-state index contributed by atoms with van der Waals surface area (Å²) in [6, 6.07) is 0.855. The molecule has 0 amide bonds. The summed E-state index contributed by atoms with van der Waals surface area (Å²) in [6.45, 7) is 0.716. The number of ether oxygens (including phenoxy) is 1. The Morgan fingerprint density at radius 1 is 1.57 bits per heavy atom. The normalized spacial score (nSPS) is 10.4. The number of aromatic amines is 1. The quantitative estimate of drug-likeness (QED) is 0.607. The Morgan fingerprint density at radius 3 is 2.86 bits per heavy atom. The van der Waals surface area contributed by atoms with Gasteiger partial charge in [-0.1, -0.05) is 0 Å². The van der Waals surface area contributed by atoms with Gasteiger partial charge < -0.3 is 14.4 Å². The molecule has 1 rings (SSSR count). The Balaban J connectivity index is 2.86. The molecular formula is C8H11N2O4-. The van der Waals surface area contributed by atoms with Gasteiger partial charge in [0.25, 0.3) is 5.56 Å². The third-order valence-corrected chi connectivity index (χ3v) is 1.73. The summed E-state index contributed by atoms with van der Waals surface area (Å²) in [5, 5.41) is 11.2. The van der Waals surface area contributed by atoms with Crippen LogP contribution in [-0.4, -0.2) is 23.3 Å². The molecule has 6 heteroatoms. The van der Waals surface area contributed by atoms with Gasteiger partial charge >= 0.3 is 5.69 Å². The van der Waals surface area contributed by atoms with Gasteiger partial charge in [-0.05, 0) is 12.3 Å². The molecular weight excluding hydrogens is 188 g/mol. The fourth-order valence-electron chi connectivity index (χ4n) is 1.08. The van der Waals surface area contributed by atoms with Gasteiger partial charge in [0.2, 0.25) is 0 Å². The lowest BCUT2D eigenvalue weighted by molar-refractivity contribution is -0.280. The van der Waals surface area contributed by atoms with Crippen LogP contribution < -0.4 is 16.4 Å². The summed E-state index contributed by atoms with van der Waals surface area (Å²) in [5.74, 6) is -0.574. The predicted octanol–water partition coefficient (Wildman–Crippen LogP) is -1.35. The van der Waals surface area contributed by atoms with E-state index in [4.69, 9.17) is 4.74 Å². The Morgan fingerprint density at radius 2 is 2.29 bits per heavy atom. The summed E-state index contributed by atoms with van der Waals surface area (Å²) >= 11 is 0. The van der Waals surface area contributed by atoms with Crippen molar-refractivity contribution in [3.8, 4) is 5.88 Å². The zero-order valence-electron chi connectivity index (χ0n) is 7.78. The third-order valence-electron chi connectivity index (χ3n) is 1.73. The van der Waals surface area contributed by atoms with E-state index in [0.29, 0.717) is 13.0 Å². The van der Waals surface area contributed by atoms with E-state index in [-0.39, 0.29) is 6.54 Å². The monoisotopic (exact) mass is 199 g/mol. The minimum Gasteiger partial charge on any atom is -0.860 e. The predicted molar refractivity (Wildman–Crippen MR) is 47.3 cm³/mol. The van der Waals surface area contributed by atoms with Gasteiger partial charge in [-0.15, -0.1) is 0 Å². The number of nitrogens with one attached hydrogen (secondary N) is 1. The van der Waals surface area contributed by atoms with Crippen LogP contribution >= 0.6 is 0 Å². The van der Waals surface area contributed by atoms with Crippen LogP contribution in [0.15, 0.2) is 15.7 Å². The van der Waals surface area contributed by atoms with Gasteiger partial charge in [-0.25, -0.2) is 4.79 Å². The second kappa shape index (κ2) is 4.61. The minimum atomic E-state index is -0.668. The Hall–Kier alpha value is -1.56. The Labute approximate surface area is 79.8 Å². The van der Waals surface area contributed by atoms with E-state index in [1.807, 2.05) is 4.98 Å². The number of aromatic nitrogens is 2. The molecule has 78 valence electrons. The summed E-state index contributed by atoms with van der Waals surface area (Å²) in [7, 11) is 1.54. The number of H-pyrrole nitrogens is 1. The lowest BCUT2D eigenvalue weighted by Gasteiger charge is -2.14. The summed E-state index contributed by atoms with van der Waals surface area (Å²) in [6.07, 6.45) is 0.553. The average molecular weight is 199 g/mol. The lowest BCUT2D eigenvalue weighted by atomic mass is 10.4. The second-order valence-electron chi connectivity index (χ2n) is 2.77. The molecule has 1 aromatic heterocycles. The first-order valence-corrected chi connectivity index (χ1v) is 4.15. The van der Waals surface area contributed by atoms with E-state index < -0.39 is 17.1 Å². The van der Waals surface area contributed by atoms with Crippen molar-refractivity contribution < 1.29 is 9.84 Å². The standard InChI is InChI=1S/C8H12N2O4/c1-14-4-2-3-10-7(12)5-6(11)9-8(10)13/h5,12H,2-4H2,1H3,(H,9,11,13)/p-1. The molecule has 0 fully saturated rings. The SMILES string of the molecule is COCCCn1c([O-])cc(=O)[nH]c1=O. The van der Waals surface area contributed by atoms with Crippen LogP contribution in [0.5, 0.6) is 5.88 Å². The zero-order chi connectivity index (χ0) is 10.6. The summed E-state index contributed by atoms with van der Waals surface area (Å²) in [5.41, 5.74) is -1.33. The van der Waals surface area contributed by atoms with Crippen LogP contribution in [0, 0.1) is 0 Å². The molecule has 0 spiro atoms. The summed E-state index contributed by atoms with van der Waals surface area (Å²) in [4.78, 5) is 23.8. The molecule has 0 aromatic carbocycles. The van der Waals surface area contributed by atoms with Gasteiger partial charge in [0.1, 0.15) is 0 Å². The minimum absolute atomic E-state index is 0.252. The van der Waals surface area contributed by atoms with Crippen molar-refractivity contribution in [1.82, 2.24) is 9.55 Å². The highest BCUT2D eigenvalue weighted by molar-refractivity contribution is 5.03. The number of methoxy groups -OCH3 is 1. The first-order chi connectivity index (χ1) is 6.65. The lowest BCUT2D eigenvalue weighted by Crippen LogP contribution is -2.31. The van der Waals surface area contributed by atoms with Crippen LogP contribution in [0.1, 0.15) is 6.42 Å². The van der Waals surface area contributed by atoms with Crippen LogP contribution in [0.2, 0.25) is 0 Å². The first kappa shape index (κ1) is 10.5. The molecule has 1 aromatic rings. The maximum Gasteiger partial charge on any atom is 0.327 e.